The molecule has 1 aromatic carbocycles. The molecule has 0 radical (unpaired) electrons. The van der Waals surface area contributed by atoms with Crippen molar-refractivity contribution in [1.29, 1.82) is 0 Å². The third-order valence-electron chi connectivity index (χ3n) is 5.27. The molecule has 0 aliphatic heterocycles. The lowest BCUT2D eigenvalue weighted by Crippen LogP contribution is -2.16. The molecule has 20 heavy (non-hydrogen) atoms. The van der Waals surface area contributed by atoms with Gasteiger partial charge in [-0.3, -0.25) is 0 Å². The smallest absolute Gasteiger partial charge is 0.161 e. The van der Waals surface area contributed by atoms with Gasteiger partial charge in [0, 0.05) is 6.04 Å². The lowest BCUT2D eigenvalue weighted by atomic mass is 9.96. The predicted octanol–water partition coefficient (Wildman–Crippen LogP) is 3.45. The van der Waals surface area contributed by atoms with Gasteiger partial charge in [0.25, 0.3) is 0 Å². The first-order valence-corrected chi connectivity index (χ1v) is 7.65. The molecule has 0 spiro atoms. The van der Waals surface area contributed by atoms with E-state index in [1.165, 1.54) is 36.8 Å². The molecular weight excluding hydrogens is 250 g/mol. The van der Waals surface area contributed by atoms with Crippen LogP contribution in [0.5, 0.6) is 11.5 Å². The molecule has 3 rings (SSSR count). The van der Waals surface area contributed by atoms with Crippen LogP contribution in [-0.4, -0.2) is 14.2 Å². The number of rotatable bonds is 4. The third kappa shape index (κ3) is 2.18. The highest BCUT2D eigenvalue weighted by atomic mass is 16.5. The van der Waals surface area contributed by atoms with Crippen molar-refractivity contribution in [2.45, 2.75) is 38.6 Å². The van der Waals surface area contributed by atoms with Gasteiger partial charge in [0.2, 0.25) is 0 Å². The van der Waals surface area contributed by atoms with Crippen LogP contribution in [0.25, 0.3) is 0 Å². The van der Waals surface area contributed by atoms with Crippen molar-refractivity contribution in [3.63, 3.8) is 0 Å². The van der Waals surface area contributed by atoms with Gasteiger partial charge in [-0.25, -0.2) is 0 Å². The van der Waals surface area contributed by atoms with Gasteiger partial charge in [-0.15, -0.1) is 0 Å². The van der Waals surface area contributed by atoms with E-state index < -0.39 is 0 Å². The Morgan fingerprint density at radius 3 is 2.15 bits per heavy atom. The summed E-state index contributed by atoms with van der Waals surface area (Å²) in [5.41, 5.74) is 9.01. The van der Waals surface area contributed by atoms with Gasteiger partial charge in [-0.1, -0.05) is 12.8 Å². The van der Waals surface area contributed by atoms with E-state index in [0.29, 0.717) is 5.92 Å². The number of methoxy groups -OCH3 is 2. The van der Waals surface area contributed by atoms with E-state index in [-0.39, 0.29) is 6.04 Å². The van der Waals surface area contributed by atoms with E-state index in [1.54, 1.807) is 14.2 Å². The van der Waals surface area contributed by atoms with Crippen LogP contribution in [-0.2, 0) is 0 Å². The van der Waals surface area contributed by atoms with Crippen molar-refractivity contribution >= 4 is 0 Å². The second-order valence-electron chi connectivity index (χ2n) is 6.28. The van der Waals surface area contributed by atoms with Gasteiger partial charge in [0.15, 0.2) is 11.5 Å². The van der Waals surface area contributed by atoms with Crippen molar-refractivity contribution in [3.8, 4) is 11.5 Å². The molecule has 0 bridgehead atoms. The first-order chi connectivity index (χ1) is 9.67. The second-order valence-corrected chi connectivity index (χ2v) is 6.28. The standard InChI is InChI=1S/C17H25NO2/c1-10-8-14(19-2)15(20-3)9-13(10)17(18)16-11-6-4-5-7-12(11)16/h8-9,11-12,16-17H,4-7,18H2,1-3H3. The quantitative estimate of drug-likeness (QED) is 0.915. The summed E-state index contributed by atoms with van der Waals surface area (Å²) in [4.78, 5) is 0. The number of hydrogen-bond donors (Lipinski definition) is 1. The average Bonchev–Trinajstić information content (AvgIpc) is 3.20. The first kappa shape index (κ1) is 13.7. The second kappa shape index (κ2) is 5.28. The van der Waals surface area contributed by atoms with Crippen molar-refractivity contribution < 1.29 is 9.47 Å². The molecule has 2 saturated carbocycles. The van der Waals surface area contributed by atoms with Crippen molar-refractivity contribution in [3.05, 3.63) is 23.3 Å². The lowest BCUT2D eigenvalue weighted by molar-refractivity contribution is 0.353. The minimum atomic E-state index is 0.142. The molecule has 2 N–H and O–H groups in total. The SMILES string of the molecule is COc1cc(C)c(C(N)C2C3CCCCC32)cc1OC. The minimum Gasteiger partial charge on any atom is -0.493 e. The molecule has 3 unspecified atom stereocenters. The summed E-state index contributed by atoms with van der Waals surface area (Å²) < 4.78 is 10.8. The Morgan fingerprint density at radius 1 is 1.05 bits per heavy atom. The maximum Gasteiger partial charge on any atom is 0.161 e. The van der Waals surface area contributed by atoms with Crippen LogP contribution >= 0.6 is 0 Å². The molecule has 0 saturated heterocycles. The zero-order chi connectivity index (χ0) is 14.3. The molecule has 0 heterocycles. The molecule has 2 fully saturated rings. The molecule has 3 nitrogen and oxygen atoms in total. The Morgan fingerprint density at radius 2 is 1.60 bits per heavy atom. The Bertz CT molecular complexity index is 488. The van der Waals surface area contributed by atoms with Crippen LogP contribution in [0.4, 0.5) is 0 Å². The molecule has 3 atom stereocenters. The molecule has 0 aromatic heterocycles. The van der Waals surface area contributed by atoms with E-state index in [9.17, 15) is 0 Å². The van der Waals surface area contributed by atoms with Crippen LogP contribution < -0.4 is 15.2 Å². The largest absolute Gasteiger partial charge is 0.493 e. The van der Waals surface area contributed by atoms with Gasteiger partial charge < -0.3 is 15.2 Å². The number of nitrogens with two attached hydrogens (primary N) is 1. The Labute approximate surface area is 121 Å². The van der Waals surface area contributed by atoms with Gasteiger partial charge >= 0.3 is 0 Å². The van der Waals surface area contributed by atoms with Gasteiger partial charge in [-0.05, 0) is 60.8 Å². The van der Waals surface area contributed by atoms with Crippen LogP contribution in [0.2, 0.25) is 0 Å². The van der Waals surface area contributed by atoms with Crippen LogP contribution in [0.15, 0.2) is 12.1 Å². The topological polar surface area (TPSA) is 44.5 Å². The highest BCUT2D eigenvalue weighted by molar-refractivity contribution is 5.48. The molecule has 3 heteroatoms. The first-order valence-electron chi connectivity index (χ1n) is 7.65. The maximum absolute atomic E-state index is 6.58. The van der Waals surface area contributed by atoms with Crippen molar-refractivity contribution in [1.82, 2.24) is 0 Å². The van der Waals surface area contributed by atoms with E-state index >= 15 is 0 Å². The molecule has 0 amide bonds. The normalized spacial score (nSPS) is 29.5. The molecule has 110 valence electrons. The summed E-state index contributed by atoms with van der Waals surface area (Å²) in [5.74, 6) is 3.98. The highest BCUT2D eigenvalue weighted by Gasteiger charge is 2.53. The lowest BCUT2D eigenvalue weighted by Gasteiger charge is -2.18. The Hall–Kier alpha value is -1.22. The number of fused-ring (bicyclic) bond motifs is 1. The highest BCUT2D eigenvalue weighted by Crippen LogP contribution is 2.60. The summed E-state index contributed by atoms with van der Waals surface area (Å²) in [6, 6.07) is 4.26. The fourth-order valence-electron chi connectivity index (χ4n) is 4.14. The van der Waals surface area contributed by atoms with E-state index in [1.807, 2.05) is 6.07 Å². The number of benzene rings is 1. The number of hydrogen-bond acceptors (Lipinski definition) is 3. The van der Waals surface area contributed by atoms with Crippen molar-refractivity contribution in [2.75, 3.05) is 14.2 Å². The monoisotopic (exact) mass is 275 g/mol. The third-order valence-corrected chi connectivity index (χ3v) is 5.27. The Balaban J connectivity index is 1.86. The van der Waals surface area contributed by atoms with E-state index in [2.05, 4.69) is 13.0 Å². The zero-order valence-electron chi connectivity index (χ0n) is 12.7. The Kier molecular flexibility index (Phi) is 3.63. The summed E-state index contributed by atoms with van der Waals surface area (Å²) in [5, 5.41) is 0. The summed E-state index contributed by atoms with van der Waals surface area (Å²) in [6.07, 6.45) is 5.51. The molecule has 2 aliphatic carbocycles. The van der Waals surface area contributed by atoms with E-state index in [0.717, 1.165) is 23.3 Å². The van der Waals surface area contributed by atoms with Crippen LogP contribution in [0.1, 0.15) is 42.9 Å². The zero-order valence-corrected chi connectivity index (χ0v) is 12.7. The average molecular weight is 275 g/mol. The maximum atomic E-state index is 6.58. The van der Waals surface area contributed by atoms with Gasteiger partial charge in [0.05, 0.1) is 14.2 Å². The fourth-order valence-corrected chi connectivity index (χ4v) is 4.14. The van der Waals surface area contributed by atoms with Crippen molar-refractivity contribution in [2.24, 2.45) is 23.5 Å². The minimum absolute atomic E-state index is 0.142. The molecular formula is C17H25NO2. The number of ether oxygens (including phenoxy) is 2. The molecule has 1 aromatic rings. The molecule has 2 aliphatic rings. The van der Waals surface area contributed by atoms with Crippen LogP contribution in [0, 0.1) is 24.7 Å². The van der Waals surface area contributed by atoms with Gasteiger partial charge in [0.1, 0.15) is 0 Å². The fraction of sp³-hybridized carbons (Fsp3) is 0.647. The summed E-state index contributed by atoms with van der Waals surface area (Å²) >= 11 is 0. The van der Waals surface area contributed by atoms with E-state index in [4.69, 9.17) is 15.2 Å². The number of aryl methyl sites for hydroxylation is 1. The summed E-state index contributed by atoms with van der Waals surface area (Å²) in [7, 11) is 3.35. The van der Waals surface area contributed by atoms with Gasteiger partial charge in [-0.2, -0.15) is 0 Å². The predicted molar refractivity (Wildman–Crippen MR) is 80.1 cm³/mol. The van der Waals surface area contributed by atoms with Crippen LogP contribution in [0.3, 0.4) is 0 Å². The summed E-state index contributed by atoms with van der Waals surface area (Å²) in [6.45, 7) is 2.11.